The van der Waals surface area contributed by atoms with Gasteiger partial charge in [0.1, 0.15) is 57.0 Å². The molecule has 0 saturated carbocycles. The van der Waals surface area contributed by atoms with Gasteiger partial charge in [0.15, 0.2) is 28.1 Å². The van der Waals surface area contributed by atoms with Crippen molar-refractivity contribution in [3.05, 3.63) is 241 Å². The molecule has 0 fully saturated rings. The molecule has 16 heteroatoms. The van der Waals surface area contributed by atoms with Crippen LogP contribution in [0.2, 0.25) is 0 Å². The Bertz CT molecular complexity index is 6410. The first kappa shape index (κ1) is 59.2. The number of benzene rings is 8. The fourth-order valence-electron chi connectivity index (χ4n) is 13.7. The van der Waals surface area contributed by atoms with E-state index in [1.807, 2.05) is 188 Å². The largest absolute Gasteiger partial charge is 0.452 e. The molecule has 0 spiro atoms. The summed E-state index contributed by atoms with van der Waals surface area (Å²) in [4.78, 5) is 18.5. The van der Waals surface area contributed by atoms with Gasteiger partial charge >= 0.3 is 23.3 Å². The number of rotatable bonds is 4. The van der Waals surface area contributed by atoms with Gasteiger partial charge in [0.2, 0.25) is 0 Å². The molecule has 20 aromatic rings. The van der Waals surface area contributed by atoms with Crippen LogP contribution < -0.4 is 18.3 Å². The van der Waals surface area contributed by atoms with Crippen molar-refractivity contribution in [3.8, 4) is 45.6 Å². The lowest BCUT2D eigenvalue weighted by Crippen LogP contribution is -2.32. The minimum Gasteiger partial charge on any atom is -0.452 e. The van der Waals surface area contributed by atoms with E-state index in [1.165, 1.54) is 0 Å². The third-order valence-corrected chi connectivity index (χ3v) is 18.6. The highest BCUT2D eigenvalue weighted by molar-refractivity contribution is 6.20. The van der Waals surface area contributed by atoms with E-state index in [4.69, 9.17) is 45.3 Å². The van der Waals surface area contributed by atoms with Crippen LogP contribution in [-0.2, 0) is 28.2 Å². The van der Waals surface area contributed by atoms with E-state index in [0.29, 0.717) is 17.3 Å². The number of para-hydroxylation sites is 4. The van der Waals surface area contributed by atoms with E-state index in [-0.39, 0.29) is 0 Å². The number of fused-ring (bicyclic) bond motifs is 20. The summed E-state index contributed by atoms with van der Waals surface area (Å²) in [7, 11) is 8.00. The molecule has 12 heterocycles. The Balaban J connectivity index is 0.0000000982. The molecule has 0 bridgehead atoms. The van der Waals surface area contributed by atoms with Crippen molar-refractivity contribution in [1.82, 2.24) is 19.9 Å². The lowest BCUT2D eigenvalue weighted by molar-refractivity contribution is -0.663. The molecule has 0 aliphatic heterocycles. The van der Waals surface area contributed by atoms with Gasteiger partial charge in [0.25, 0.3) is 17.3 Å². The fraction of sp³-hybridized carbons (Fsp3) is 0.122. The van der Waals surface area contributed by atoms with Crippen molar-refractivity contribution in [2.24, 2.45) is 28.2 Å². The standard InChI is InChI=1S/2C21H17N2O2.2C20H15N2O2/c2*1-12-10-16-18(11-15(12)20-22-13(2)8-9-23(20)3)25-21-19(16)14-6-4-5-7-17(14)24-21;1-12-8-9-14-17(16(12)20-21-10-5-11-22(20)2)24-18-13-6-3-4-7-15(13)23-19(14)18;1-12-10-15-17(11-14(12)19-21-8-5-9-22(19)2)24-20-18(15)13-6-3-4-7-16(13)23-20/h2*4-11H,1-3H3;2*3-11H,1-2H3/q4*+1. The van der Waals surface area contributed by atoms with Crippen LogP contribution in [0.5, 0.6) is 0 Å². The molecule has 0 saturated heterocycles. The van der Waals surface area contributed by atoms with Crippen LogP contribution in [0.1, 0.15) is 33.6 Å². The molecule has 0 radical (unpaired) electrons. The minimum absolute atomic E-state index is 0.577. The van der Waals surface area contributed by atoms with Crippen molar-refractivity contribution in [1.29, 1.82) is 0 Å². The van der Waals surface area contributed by atoms with E-state index in [1.54, 1.807) is 12.4 Å². The monoisotopic (exact) mass is 1290 g/mol. The summed E-state index contributed by atoms with van der Waals surface area (Å²) in [6, 6.07) is 56.7. The number of nitrogens with zero attached hydrogens (tertiary/aromatic N) is 8. The van der Waals surface area contributed by atoms with Gasteiger partial charge in [-0.25, -0.2) is 18.3 Å². The number of furan rings is 8. The molecule has 0 atom stereocenters. The molecule has 12 aromatic heterocycles. The highest BCUT2D eigenvalue weighted by atomic mass is 16.5. The smallest absolute Gasteiger partial charge is 0.334 e. The molecule has 0 amide bonds. The predicted molar refractivity (Wildman–Crippen MR) is 380 cm³/mol. The Kier molecular flexibility index (Phi) is 14.0. The van der Waals surface area contributed by atoms with Gasteiger partial charge in [0.05, 0.1) is 96.6 Å². The van der Waals surface area contributed by atoms with E-state index in [0.717, 1.165) is 194 Å². The van der Waals surface area contributed by atoms with E-state index in [9.17, 15) is 0 Å². The predicted octanol–water partition coefficient (Wildman–Crippen LogP) is 18.7. The highest BCUT2D eigenvalue weighted by Crippen LogP contribution is 2.44. The van der Waals surface area contributed by atoms with E-state index >= 15 is 0 Å². The molecule has 0 N–H and O–H groups in total. The Labute approximate surface area is 559 Å². The molecule has 0 aliphatic carbocycles. The van der Waals surface area contributed by atoms with Gasteiger partial charge in [-0.05, 0) is 143 Å². The number of aryl methyl sites for hydroxylation is 10. The first-order valence-corrected chi connectivity index (χ1v) is 32.4. The summed E-state index contributed by atoms with van der Waals surface area (Å²) in [5, 5.41) is 11.6. The minimum atomic E-state index is 0.577. The highest BCUT2D eigenvalue weighted by Gasteiger charge is 2.28. The van der Waals surface area contributed by atoms with Crippen molar-refractivity contribution in [2.45, 2.75) is 41.5 Å². The molecule has 20 rings (SSSR count). The third-order valence-electron chi connectivity index (χ3n) is 18.6. The molecule has 476 valence electrons. The summed E-state index contributed by atoms with van der Waals surface area (Å²) >= 11 is 0. The quantitative estimate of drug-likeness (QED) is 0.153. The molecular weight excluding hydrogens is 1220 g/mol. The zero-order valence-corrected chi connectivity index (χ0v) is 55.5. The fourth-order valence-corrected chi connectivity index (χ4v) is 13.7. The Morgan fingerprint density at radius 2 is 0.643 bits per heavy atom. The Morgan fingerprint density at radius 1 is 0.276 bits per heavy atom. The molecule has 98 heavy (non-hydrogen) atoms. The number of hydrogen-bond donors (Lipinski definition) is 0. The summed E-state index contributed by atoms with van der Waals surface area (Å²) in [5.74, 6) is 5.38. The van der Waals surface area contributed by atoms with Gasteiger partial charge in [-0.15, -0.1) is 0 Å². The second-order valence-corrected chi connectivity index (χ2v) is 25.2. The summed E-state index contributed by atoms with van der Waals surface area (Å²) in [6.07, 6.45) is 11.7. The summed E-state index contributed by atoms with van der Waals surface area (Å²) < 4.78 is 56.1. The Hall–Kier alpha value is -12.6. The lowest BCUT2D eigenvalue weighted by atomic mass is 10.0. The normalized spacial score (nSPS) is 11.8. The van der Waals surface area contributed by atoms with Gasteiger partial charge in [-0.2, -0.15) is 0 Å². The van der Waals surface area contributed by atoms with Crippen LogP contribution in [0.25, 0.3) is 178 Å². The maximum Gasteiger partial charge on any atom is 0.334 e. The molecule has 8 aromatic carbocycles. The van der Waals surface area contributed by atoms with Gasteiger partial charge in [-0.3, -0.25) is 0 Å². The van der Waals surface area contributed by atoms with E-state index < -0.39 is 0 Å². The molecule has 0 aliphatic rings. The van der Waals surface area contributed by atoms with Gasteiger partial charge in [-0.1, -0.05) is 72.8 Å². The molecule has 0 unspecified atom stereocenters. The lowest BCUT2D eigenvalue weighted by Gasteiger charge is -2.04. The van der Waals surface area contributed by atoms with Crippen LogP contribution in [-0.4, -0.2) is 19.9 Å². The summed E-state index contributed by atoms with van der Waals surface area (Å²) in [5.41, 5.74) is 19.1. The van der Waals surface area contributed by atoms with Crippen LogP contribution in [0.3, 0.4) is 0 Å². The van der Waals surface area contributed by atoms with Crippen LogP contribution in [0.4, 0.5) is 0 Å². The Morgan fingerprint density at radius 3 is 1.08 bits per heavy atom. The maximum atomic E-state index is 6.28. The number of hydrogen-bond acceptors (Lipinski definition) is 12. The zero-order chi connectivity index (χ0) is 66.8. The number of aromatic nitrogens is 8. The first-order valence-electron chi connectivity index (χ1n) is 32.4. The average Bonchev–Trinajstić information content (AvgIpc) is 1.62. The van der Waals surface area contributed by atoms with Gasteiger partial charge < -0.3 is 35.3 Å². The second kappa shape index (κ2) is 23.1. The van der Waals surface area contributed by atoms with E-state index in [2.05, 4.69) is 104 Å². The van der Waals surface area contributed by atoms with Gasteiger partial charge in [0, 0.05) is 70.4 Å². The molecule has 16 nitrogen and oxygen atoms in total. The third kappa shape index (κ3) is 9.81. The van der Waals surface area contributed by atoms with Crippen LogP contribution >= 0.6 is 0 Å². The van der Waals surface area contributed by atoms with Crippen molar-refractivity contribution >= 4 is 132 Å². The maximum absolute atomic E-state index is 6.28. The molecular formula is C82H64N8O8+4. The first-order chi connectivity index (χ1) is 47.7. The topological polar surface area (TPSA) is 172 Å². The van der Waals surface area contributed by atoms with Crippen molar-refractivity contribution < 1.29 is 53.6 Å². The average molecular weight is 1290 g/mol. The van der Waals surface area contributed by atoms with Crippen molar-refractivity contribution in [2.75, 3.05) is 0 Å². The van der Waals surface area contributed by atoms with Crippen molar-refractivity contribution in [3.63, 3.8) is 0 Å². The van der Waals surface area contributed by atoms with Crippen LogP contribution in [0, 0.1) is 41.5 Å². The SMILES string of the molecule is Cc1cc2c(cc1-c1nccc[n+]1C)oc1oc3ccccc3c12.Cc1cc[n+](C)c(-c2cc3oc4oc5ccccc5c4c3cc2C)n1.Cc1cc[n+](C)c(-c2cc3oc4oc5ccccc5c4c3cc2C)n1.Cc1ccc2c(oc3c4ccccc4oc23)c1-c1nccc[n+]1C. The summed E-state index contributed by atoms with van der Waals surface area (Å²) in [6.45, 7) is 12.4. The van der Waals surface area contributed by atoms with Crippen LogP contribution in [0.15, 0.2) is 242 Å². The second-order valence-electron chi connectivity index (χ2n) is 25.2. The zero-order valence-electron chi connectivity index (χ0n) is 55.5.